The summed E-state index contributed by atoms with van der Waals surface area (Å²) in [5, 5.41) is 6.35. The zero-order chi connectivity index (χ0) is 10.7. The lowest BCUT2D eigenvalue weighted by Crippen LogP contribution is -2.45. The van der Waals surface area contributed by atoms with Crippen molar-refractivity contribution in [3.63, 3.8) is 0 Å². The van der Waals surface area contributed by atoms with Crippen LogP contribution in [0, 0.1) is 5.92 Å². The number of carbonyl (C=O) groups is 1. The molecule has 2 N–H and O–H groups in total. The van der Waals surface area contributed by atoms with Gasteiger partial charge in [-0.15, -0.1) is 0 Å². The van der Waals surface area contributed by atoms with Crippen molar-refractivity contribution < 1.29 is 4.79 Å². The van der Waals surface area contributed by atoms with Crippen molar-refractivity contribution in [3.8, 4) is 0 Å². The molecule has 2 heterocycles. The second kappa shape index (κ2) is 4.84. The summed E-state index contributed by atoms with van der Waals surface area (Å²) in [6, 6.07) is 0.589. The quantitative estimate of drug-likeness (QED) is 0.678. The largest absolute Gasteiger partial charge is 0.338 e. The Morgan fingerprint density at radius 3 is 3.20 bits per heavy atom. The van der Waals surface area contributed by atoms with E-state index in [2.05, 4.69) is 17.6 Å². The van der Waals surface area contributed by atoms with Crippen molar-refractivity contribution in [1.82, 2.24) is 15.5 Å². The molecule has 2 fully saturated rings. The van der Waals surface area contributed by atoms with E-state index in [1.54, 1.807) is 0 Å². The highest BCUT2D eigenvalue weighted by atomic mass is 16.2. The Hall–Kier alpha value is -0.770. The first-order valence-electron chi connectivity index (χ1n) is 6.08. The molecule has 0 spiro atoms. The Labute approximate surface area is 91.4 Å². The third kappa shape index (κ3) is 2.25. The van der Waals surface area contributed by atoms with Gasteiger partial charge in [-0.2, -0.15) is 0 Å². The molecule has 2 aliphatic rings. The lowest BCUT2D eigenvalue weighted by atomic mass is 10.1. The molecule has 0 aromatic carbocycles. The van der Waals surface area contributed by atoms with Crippen LogP contribution in [0.5, 0.6) is 0 Å². The molecular weight excluding hydrogens is 190 g/mol. The highest BCUT2D eigenvalue weighted by molar-refractivity contribution is 5.75. The lowest BCUT2D eigenvalue weighted by molar-refractivity contribution is 0.192. The van der Waals surface area contributed by atoms with Crippen LogP contribution in [0.2, 0.25) is 0 Å². The Bertz CT molecular complexity index is 232. The summed E-state index contributed by atoms with van der Waals surface area (Å²) < 4.78 is 0. The van der Waals surface area contributed by atoms with Gasteiger partial charge in [0, 0.05) is 32.2 Å². The molecule has 2 rings (SSSR count). The molecule has 2 unspecified atom stereocenters. The monoisotopic (exact) mass is 211 g/mol. The van der Waals surface area contributed by atoms with Gasteiger partial charge in [0.25, 0.3) is 0 Å². The number of likely N-dealkylation sites (tertiary alicyclic amines) is 1. The smallest absolute Gasteiger partial charge is 0.317 e. The number of hydrogen-bond donors (Lipinski definition) is 2. The summed E-state index contributed by atoms with van der Waals surface area (Å²) in [7, 11) is 0. The van der Waals surface area contributed by atoms with Gasteiger partial charge in [0.05, 0.1) is 0 Å². The average Bonchev–Trinajstić information content (AvgIpc) is 2.78. The molecule has 15 heavy (non-hydrogen) atoms. The predicted molar refractivity (Wildman–Crippen MR) is 59.8 cm³/mol. The third-order valence-corrected chi connectivity index (χ3v) is 3.51. The van der Waals surface area contributed by atoms with Crippen LogP contribution in [-0.4, -0.2) is 43.2 Å². The minimum absolute atomic E-state index is 0.139. The minimum Gasteiger partial charge on any atom is -0.338 e. The first-order chi connectivity index (χ1) is 7.33. The minimum atomic E-state index is 0.139. The number of hydrogen-bond acceptors (Lipinski definition) is 2. The van der Waals surface area contributed by atoms with E-state index in [0.717, 1.165) is 39.0 Å². The number of unbranched alkanes of at least 4 members (excludes halogenated alkanes) is 1. The van der Waals surface area contributed by atoms with Gasteiger partial charge in [-0.3, -0.25) is 0 Å². The van der Waals surface area contributed by atoms with E-state index < -0.39 is 0 Å². The molecule has 0 bridgehead atoms. The molecule has 2 atom stereocenters. The first-order valence-corrected chi connectivity index (χ1v) is 6.08. The van der Waals surface area contributed by atoms with Crippen molar-refractivity contribution in [2.45, 2.75) is 32.2 Å². The summed E-state index contributed by atoms with van der Waals surface area (Å²) >= 11 is 0. The lowest BCUT2D eigenvalue weighted by Gasteiger charge is -2.23. The van der Waals surface area contributed by atoms with Gasteiger partial charge in [0.15, 0.2) is 0 Å². The summed E-state index contributed by atoms with van der Waals surface area (Å²) in [4.78, 5) is 13.9. The fraction of sp³-hybridized carbons (Fsp3) is 0.909. The molecule has 4 nitrogen and oxygen atoms in total. The fourth-order valence-electron chi connectivity index (χ4n) is 2.57. The molecule has 0 saturated carbocycles. The summed E-state index contributed by atoms with van der Waals surface area (Å²) in [5.41, 5.74) is 0. The van der Waals surface area contributed by atoms with E-state index in [4.69, 9.17) is 0 Å². The predicted octanol–water partition coefficient (Wildman–Crippen LogP) is 0.790. The van der Waals surface area contributed by atoms with Gasteiger partial charge in [-0.1, -0.05) is 13.3 Å². The molecule has 2 amide bonds. The van der Waals surface area contributed by atoms with Gasteiger partial charge >= 0.3 is 6.03 Å². The molecule has 86 valence electrons. The SMILES string of the molecule is CCCCNC(=O)N1CCC2CNCC21. The van der Waals surface area contributed by atoms with Crippen LogP contribution in [0.1, 0.15) is 26.2 Å². The second-order valence-electron chi connectivity index (χ2n) is 4.55. The molecular formula is C11H21N3O. The maximum atomic E-state index is 11.8. The maximum Gasteiger partial charge on any atom is 0.317 e. The molecule has 0 aliphatic carbocycles. The summed E-state index contributed by atoms with van der Waals surface area (Å²) in [5.74, 6) is 0.696. The second-order valence-corrected chi connectivity index (χ2v) is 4.55. The number of carbonyl (C=O) groups excluding carboxylic acids is 1. The highest BCUT2D eigenvalue weighted by Gasteiger charge is 2.39. The van der Waals surface area contributed by atoms with Crippen LogP contribution >= 0.6 is 0 Å². The Morgan fingerprint density at radius 1 is 1.53 bits per heavy atom. The van der Waals surface area contributed by atoms with E-state index >= 15 is 0 Å². The van der Waals surface area contributed by atoms with Gasteiger partial charge in [-0.25, -0.2) is 4.79 Å². The molecule has 0 radical (unpaired) electrons. The van der Waals surface area contributed by atoms with E-state index in [0.29, 0.717) is 12.0 Å². The molecule has 0 aromatic heterocycles. The Kier molecular flexibility index (Phi) is 3.46. The summed E-state index contributed by atoms with van der Waals surface area (Å²) in [6.45, 7) is 5.96. The van der Waals surface area contributed by atoms with Crippen LogP contribution in [0.25, 0.3) is 0 Å². The van der Waals surface area contributed by atoms with Crippen LogP contribution in [0.3, 0.4) is 0 Å². The van der Waals surface area contributed by atoms with Crippen molar-refractivity contribution in [3.05, 3.63) is 0 Å². The standard InChI is InChI=1S/C11H21N3O/c1-2-3-5-13-11(15)14-6-4-9-7-12-8-10(9)14/h9-10,12H,2-8H2,1H3,(H,13,15). The van der Waals surface area contributed by atoms with Crippen LogP contribution < -0.4 is 10.6 Å². The number of urea groups is 1. The van der Waals surface area contributed by atoms with Gasteiger partial charge in [-0.05, 0) is 18.8 Å². The van der Waals surface area contributed by atoms with E-state index in [1.165, 1.54) is 6.42 Å². The van der Waals surface area contributed by atoms with E-state index in [-0.39, 0.29) is 6.03 Å². The molecule has 2 saturated heterocycles. The molecule has 2 aliphatic heterocycles. The molecule has 4 heteroatoms. The zero-order valence-electron chi connectivity index (χ0n) is 9.46. The fourth-order valence-corrected chi connectivity index (χ4v) is 2.57. The third-order valence-electron chi connectivity index (χ3n) is 3.51. The number of fused-ring (bicyclic) bond motifs is 1. The van der Waals surface area contributed by atoms with Crippen LogP contribution in [-0.2, 0) is 0 Å². The van der Waals surface area contributed by atoms with Crippen molar-refractivity contribution in [2.24, 2.45) is 5.92 Å². The van der Waals surface area contributed by atoms with E-state index in [9.17, 15) is 4.79 Å². The molecule has 0 aromatic rings. The van der Waals surface area contributed by atoms with Gasteiger partial charge in [0.2, 0.25) is 0 Å². The van der Waals surface area contributed by atoms with Crippen molar-refractivity contribution in [1.29, 1.82) is 0 Å². The Morgan fingerprint density at radius 2 is 2.40 bits per heavy atom. The number of rotatable bonds is 3. The average molecular weight is 211 g/mol. The van der Waals surface area contributed by atoms with Crippen molar-refractivity contribution >= 4 is 6.03 Å². The van der Waals surface area contributed by atoms with E-state index in [1.807, 2.05) is 4.90 Å². The van der Waals surface area contributed by atoms with Gasteiger partial charge < -0.3 is 15.5 Å². The van der Waals surface area contributed by atoms with Crippen LogP contribution in [0.4, 0.5) is 4.79 Å². The summed E-state index contributed by atoms with van der Waals surface area (Å²) in [6.07, 6.45) is 3.37. The normalized spacial score (nSPS) is 29.3. The number of nitrogens with zero attached hydrogens (tertiary/aromatic N) is 1. The van der Waals surface area contributed by atoms with Gasteiger partial charge in [0.1, 0.15) is 0 Å². The first kappa shape index (κ1) is 10.7. The van der Waals surface area contributed by atoms with Crippen LogP contribution in [0.15, 0.2) is 0 Å². The topological polar surface area (TPSA) is 44.4 Å². The number of amides is 2. The number of nitrogens with one attached hydrogen (secondary N) is 2. The highest BCUT2D eigenvalue weighted by Crippen LogP contribution is 2.26. The van der Waals surface area contributed by atoms with Crippen molar-refractivity contribution in [2.75, 3.05) is 26.2 Å². The zero-order valence-corrected chi connectivity index (χ0v) is 9.46. The maximum absolute atomic E-state index is 11.8. The Balaban J connectivity index is 1.80.